The van der Waals surface area contributed by atoms with Gasteiger partial charge in [-0.15, -0.1) is 0 Å². The highest BCUT2D eigenvalue weighted by molar-refractivity contribution is 7.05. The van der Waals surface area contributed by atoms with E-state index in [1.54, 1.807) is 5.20 Å². The van der Waals surface area contributed by atoms with Crippen LogP contribution in [0.15, 0.2) is 71.9 Å². The molecule has 0 bridgehead atoms. The lowest BCUT2D eigenvalue weighted by Crippen LogP contribution is -2.38. The molecule has 19 heavy (non-hydrogen) atoms. The molecule has 0 saturated heterocycles. The van der Waals surface area contributed by atoms with Crippen LogP contribution in [0.1, 0.15) is 11.1 Å². The van der Waals surface area contributed by atoms with Crippen molar-refractivity contribution in [1.29, 1.82) is 0 Å². The van der Waals surface area contributed by atoms with Crippen LogP contribution in [0.4, 0.5) is 0 Å². The van der Waals surface area contributed by atoms with Gasteiger partial charge in [-0.3, -0.25) is 0 Å². The van der Waals surface area contributed by atoms with Crippen LogP contribution in [0, 0.1) is 0 Å². The van der Waals surface area contributed by atoms with Crippen molar-refractivity contribution >= 4 is 19.3 Å². The molecule has 2 aromatic rings. The predicted octanol–water partition coefficient (Wildman–Crippen LogP) is 4.95. The number of benzene rings is 2. The fourth-order valence-electron chi connectivity index (χ4n) is 2.61. The fourth-order valence-corrected chi connectivity index (χ4v) is 5.13. The Kier molecular flexibility index (Phi) is 3.00. The van der Waals surface area contributed by atoms with Crippen LogP contribution in [0.5, 0.6) is 0 Å². The van der Waals surface area contributed by atoms with Crippen molar-refractivity contribution in [3.63, 3.8) is 0 Å². The quantitative estimate of drug-likeness (QED) is 0.671. The molecule has 0 N–H and O–H groups in total. The Bertz CT molecular complexity index is 634. The first-order valence-electron chi connectivity index (χ1n) is 6.73. The summed E-state index contributed by atoms with van der Waals surface area (Å²) in [6.45, 7) is 4.87. The Hall–Kier alpha value is -1.86. The summed E-state index contributed by atoms with van der Waals surface area (Å²) in [5.74, 6) is 0. The van der Waals surface area contributed by atoms with E-state index >= 15 is 0 Å². The Morgan fingerprint density at radius 2 is 1.37 bits per heavy atom. The molecule has 0 unspecified atom stereocenters. The van der Waals surface area contributed by atoms with Gasteiger partial charge in [0, 0.05) is 0 Å². The highest BCUT2D eigenvalue weighted by Gasteiger charge is 2.37. The molecule has 1 heteroatoms. The minimum Gasteiger partial charge on any atom is -0.0623 e. The molecule has 1 aliphatic rings. The molecule has 0 saturated carbocycles. The number of rotatable bonds is 2. The molecule has 0 aliphatic carbocycles. The van der Waals surface area contributed by atoms with Crippen molar-refractivity contribution in [1.82, 2.24) is 0 Å². The zero-order valence-corrected chi connectivity index (χ0v) is 12.4. The topological polar surface area (TPSA) is 0 Å². The Labute approximate surface area is 116 Å². The van der Waals surface area contributed by atoms with E-state index in [2.05, 4.69) is 85.9 Å². The van der Waals surface area contributed by atoms with Crippen LogP contribution < -0.4 is 0 Å². The minimum absolute atomic E-state index is 1.31. The molecule has 1 aliphatic heterocycles. The lowest BCUT2D eigenvalue weighted by Gasteiger charge is -2.37. The summed E-state index contributed by atoms with van der Waals surface area (Å²) in [5, 5.41) is 3.10. The van der Waals surface area contributed by atoms with Crippen LogP contribution in [0.25, 0.3) is 11.3 Å². The summed E-state index contributed by atoms with van der Waals surface area (Å²) in [6, 6.07) is 21.4. The van der Waals surface area contributed by atoms with Crippen molar-refractivity contribution in [3.05, 3.63) is 83.1 Å². The van der Waals surface area contributed by atoms with Gasteiger partial charge < -0.3 is 0 Å². The first kappa shape index (κ1) is 12.2. The molecule has 2 aromatic carbocycles. The SMILES string of the molecule is C[Si]1(C)C(c2ccccc2)=C/C1=C\c1ccccc1. The monoisotopic (exact) mass is 262 g/mol. The lowest BCUT2D eigenvalue weighted by molar-refractivity contribution is 1.56. The van der Waals surface area contributed by atoms with E-state index < -0.39 is 8.07 Å². The van der Waals surface area contributed by atoms with Gasteiger partial charge in [-0.25, -0.2) is 0 Å². The third-order valence-electron chi connectivity index (χ3n) is 3.90. The third-order valence-corrected chi connectivity index (χ3v) is 7.41. The Morgan fingerprint density at radius 3 is 1.95 bits per heavy atom. The van der Waals surface area contributed by atoms with Crippen molar-refractivity contribution in [2.75, 3.05) is 0 Å². The maximum Gasteiger partial charge on any atom is 0.113 e. The van der Waals surface area contributed by atoms with E-state index in [4.69, 9.17) is 0 Å². The number of hydrogen-bond acceptors (Lipinski definition) is 0. The van der Waals surface area contributed by atoms with Crippen molar-refractivity contribution in [3.8, 4) is 0 Å². The van der Waals surface area contributed by atoms with Crippen LogP contribution >= 0.6 is 0 Å². The van der Waals surface area contributed by atoms with Gasteiger partial charge in [-0.1, -0.05) is 91.1 Å². The summed E-state index contributed by atoms with van der Waals surface area (Å²) in [7, 11) is -1.41. The van der Waals surface area contributed by atoms with Crippen LogP contribution in [-0.4, -0.2) is 8.07 Å². The highest BCUT2D eigenvalue weighted by Crippen LogP contribution is 2.42. The van der Waals surface area contributed by atoms with Gasteiger partial charge in [0.1, 0.15) is 8.07 Å². The van der Waals surface area contributed by atoms with Crippen LogP contribution in [0.3, 0.4) is 0 Å². The summed E-state index contributed by atoms with van der Waals surface area (Å²) in [5.41, 5.74) is 2.70. The minimum atomic E-state index is -1.41. The van der Waals surface area contributed by atoms with Crippen molar-refractivity contribution < 1.29 is 0 Å². The largest absolute Gasteiger partial charge is 0.113 e. The van der Waals surface area contributed by atoms with E-state index in [1.165, 1.54) is 16.3 Å². The Balaban J connectivity index is 1.96. The van der Waals surface area contributed by atoms with Gasteiger partial charge in [0.25, 0.3) is 0 Å². The second kappa shape index (κ2) is 4.67. The molecule has 0 fully saturated rings. The highest BCUT2D eigenvalue weighted by atomic mass is 28.3. The normalized spacial score (nSPS) is 18.8. The maximum atomic E-state index is 2.43. The van der Waals surface area contributed by atoms with Crippen LogP contribution in [0.2, 0.25) is 13.1 Å². The summed E-state index contributed by atoms with van der Waals surface area (Å²) < 4.78 is 0. The van der Waals surface area contributed by atoms with E-state index in [-0.39, 0.29) is 0 Å². The lowest BCUT2D eigenvalue weighted by atomic mass is 10.1. The van der Waals surface area contributed by atoms with Gasteiger partial charge in [0.15, 0.2) is 0 Å². The van der Waals surface area contributed by atoms with Crippen molar-refractivity contribution in [2.24, 2.45) is 0 Å². The van der Waals surface area contributed by atoms with Gasteiger partial charge in [0.2, 0.25) is 0 Å². The first-order valence-corrected chi connectivity index (χ1v) is 9.73. The standard InChI is InChI=1S/C18H18Si/c1-19(2)17(13-15-9-5-3-6-10-15)14-18(19)16-11-7-4-8-12-16/h3-14H,1-2H3/b17-13+. The van der Waals surface area contributed by atoms with E-state index in [9.17, 15) is 0 Å². The summed E-state index contributed by atoms with van der Waals surface area (Å²) in [4.78, 5) is 0. The number of allylic oxidation sites excluding steroid dienone is 2. The molecule has 0 amide bonds. The van der Waals surface area contributed by atoms with Gasteiger partial charge >= 0.3 is 0 Å². The average molecular weight is 262 g/mol. The van der Waals surface area contributed by atoms with Gasteiger partial charge in [0.05, 0.1) is 0 Å². The molecule has 3 rings (SSSR count). The zero-order valence-electron chi connectivity index (χ0n) is 11.4. The fraction of sp³-hybridized carbons (Fsp3) is 0.111. The molecule has 0 radical (unpaired) electrons. The second-order valence-electron chi connectivity index (χ2n) is 5.56. The summed E-state index contributed by atoms with van der Waals surface area (Å²) >= 11 is 0. The van der Waals surface area contributed by atoms with Gasteiger partial charge in [-0.2, -0.15) is 0 Å². The average Bonchev–Trinajstić information content (AvgIpc) is 2.45. The molecule has 1 heterocycles. The molecule has 94 valence electrons. The molecule has 0 atom stereocenters. The zero-order chi connectivity index (χ0) is 13.3. The predicted molar refractivity (Wildman–Crippen MR) is 86.3 cm³/mol. The van der Waals surface area contributed by atoms with E-state index in [0.717, 1.165) is 0 Å². The van der Waals surface area contributed by atoms with E-state index in [1.807, 2.05) is 0 Å². The molecular weight excluding hydrogens is 244 g/mol. The maximum absolute atomic E-state index is 2.43. The first-order chi connectivity index (χ1) is 9.18. The molecule has 0 nitrogen and oxygen atoms in total. The second-order valence-corrected chi connectivity index (χ2v) is 9.93. The Morgan fingerprint density at radius 1 is 0.789 bits per heavy atom. The third kappa shape index (κ3) is 2.22. The molecule has 0 aromatic heterocycles. The van der Waals surface area contributed by atoms with E-state index in [0.29, 0.717) is 0 Å². The van der Waals surface area contributed by atoms with Crippen molar-refractivity contribution in [2.45, 2.75) is 13.1 Å². The molecule has 0 spiro atoms. The molecular formula is C18H18Si. The number of hydrogen-bond donors (Lipinski definition) is 0. The summed E-state index contributed by atoms with van der Waals surface area (Å²) in [6.07, 6.45) is 4.72. The smallest absolute Gasteiger partial charge is 0.0623 e. The van der Waals surface area contributed by atoms with Gasteiger partial charge in [-0.05, 0) is 16.3 Å². The van der Waals surface area contributed by atoms with Crippen LogP contribution in [-0.2, 0) is 0 Å².